The fraction of sp³-hybridized carbons (Fsp3) is 0.900. The number of hydrogen-bond donors (Lipinski definition) is 1. The highest BCUT2D eigenvalue weighted by molar-refractivity contribution is 5.75. The second kappa shape index (κ2) is 5.98. The maximum Gasteiger partial charge on any atom is 0.322 e. The molecule has 1 atom stereocenters. The fourth-order valence-corrected chi connectivity index (χ4v) is 0.764. The molecule has 0 amide bonds. The van der Waals surface area contributed by atoms with E-state index in [9.17, 15) is 4.79 Å². The first-order valence-electron chi connectivity index (χ1n) is 4.93. The molecule has 0 spiro atoms. The Kier molecular flexibility index (Phi) is 5.72. The van der Waals surface area contributed by atoms with Gasteiger partial charge in [-0.25, -0.2) is 0 Å². The van der Waals surface area contributed by atoms with Gasteiger partial charge in [-0.05, 0) is 27.2 Å². The molecule has 0 unspecified atom stereocenters. The predicted octanol–water partition coefficient (Wildman–Crippen LogP) is 1.08. The van der Waals surface area contributed by atoms with Gasteiger partial charge in [0.2, 0.25) is 0 Å². The molecule has 0 aliphatic carbocycles. The Morgan fingerprint density at radius 1 is 1.36 bits per heavy atom. The Balaban J connectivity index is 3.51. The number of esters is 1. The van der Waals surface area contributed by atoms with Crippen LogP contribution < -0.4 is 5.73 Å². The van der Waals surface area contributed by atoms with Crippen molar-refractivity contribution >= 4 is 5.97 Å². The van der Waals surface area contributed by atoms with Crippen molar-refractivity contribution in [3.8, 4) is 0 Å². The lowest BCUT2D eigenvalue weighted by molar-refractivity contribution is -0.148. The quantitative estimate of drug-likeness (QED) is 0.536. The van der Waals surface area contributed by atoms with Gasteiger partial charge in [-0.1, -0.05) is 6.92 Å². The maximum atomic E-state index is 11.1. The van der Waals surface area contributed by atoms with Crippen LogP contribution in [0.1, 0.15) is 34.1 Å². The first-order valence-corrected chi connectivity index (χ1v) is 4.93. The van der Waals surface area contributed by atoms with Crippen LogP contribution in [0.5, 0.6) is 0 Å². The van der Waals surface area contributed by atoms with Gasteiger partial charge in [0, 0.05) is 0 Å². The summed E-state index contributed by atoms with van der Waals surface area (Å²) in [6.45, 7) is 8.37. The first-order chi connectivity index (χ1) is 6.37. The minimum Gasteiger partial charge on any atom is -0.462 e. The molecular formula is C10H21NO3. The second-order valence-corrected chi connectivity index (χ2v) is 4.14. The molecule has 0 saturated carbocycles. The fourth-order valence-electron chi connectivity index (χ4n) is 0.764. The van der Waals surface area contributed by atoms with E-state index in [1.165, 1.54) is 0 Å². The van der Waals surface area contributed by atoms with Crippen molar-refractivity contribution in [2.45, 2.75) is 45.8 Å². The zero-order valence-electron chi connectivity index (χ0n) is 9.50. The van der Waals surface area contributed by atoms with E-state index >= 15 is 0 Å². The van der Waals surface area contributed by atoms with Gasteiger partial charge >= 0.3 is 5.97 Å². The van der Waals surface area contributed by atoms with Crippen LogP contribution in [0.25, 0.3) is 0 Å². The molecule has 0 rings (SSSR count). The Bertz CT molecular complexity index is 175. The largest absolute Gasteiger partial charge is 0.462 e. The van der Waals surface area contributed by atoms with Crippen LogP contribution in [0.3, 0.4) is 0 Å². The van der Waals surface area contributed by atoms with Gasteiger partial charge in [-0.2, -0.15) is 0 Å². The summed E-state index contributed by atoms with van der Waals surface area (Å²) in [5, 5.41) is 0. The maximum absolute atomic E-state index is 11.1. The molecule has 4 nitrogen and oxygen atoms in total. The summed E-state index contributed by atoms with van der Waals surface area (Å²) in [6, 6.07) is -0.510. The summed E-state index contributed by atoms with van der Waals surface area (Å²) < 4.78 is 10.3. The molecule has 0 aliphatic heterocycles. The van der Waals surface area contributed by atoms with Crippen molar-refractivity contribution in [1.82, 2.24) is 0 Å². The zero-order chi connectivity index (χ0) is 11.2. The van der Waals surface area contributed by atoms with E-state index in [0.29, 0.717) is 13.0 Å². The minimum atomic E-state index is -0.510. The van der Waals surface area contributed by atoms with E-state index < -0.39 is 6.04 Å². The van der Waals surface area contributed by atoms with E-state index in [1.807, 2.05) is 27.7 Å². The van der Waals surface area contributed by atoms with E-state index in [0.717, 1.165) is 0 Å². The molecule has 2 N–H and O–H groups in total. The Labute approximate surface area is 85.8 Å². The van der Waals surface area contributed by atoms with E-state index in [4.69, 9.17) is 15.2 Å². The SMILES string of the molecule is CC[C@@H](N)C(=O)OCCOC(C)(C)C. The third-order valence-corrected chi connectivity index (χ3v) is 1.61. The number of carbonyl (C=O) groups excluding carboxylic acids is 1. The van der Waals surface area contributed by atoms with E-state index in [-0.39, 0.29) is 18.2 Å². The van der Waals surface area contributed by atoms with Gasteiger partial charge in [-0.3, -0.25) is 4.79 Å². The van der Waals surface area contributed by atoms with Crippen LogP contribution in [0.2, 0.25) is 0 Å². The van der Waals surface area contributed by atoms with Crippen molar-refractivity contribution < 1.29 is 14.3 Å². The van der Waals surface area contributed by atoms with Gasteiger partial charge in [0.15, 0.2) is 0 Å². The van der Waals surface area contributed by atoms with Crippen molar-refractivity contribution in [2.24, 2.45) is 5.73 Å². The zero-order valence-corrected chi connectivity index (χ0v) is 9.50. The summed E-state index contributed by atoms with van der Waals surface area (Å²) in [6.07, 6.45) is 0.596. The molecule has 4 heteroatoms. The van der Waals surface area contributed by atoms with Crippen LogP contribution in [0.15, 0.2) is 0 Å². The molecule has 0 bridgehead atoms. The van der Waals surface area contributed by atoms with Crippen LogP contribution >= 0.6 is 0 Å². The highest BCUT2D eigenvalue weighted by Gasteiger charge is 2.13. The highest BCUT2D eigenvalue weighted by Crippen LogP contribution is 2.05. The smallest absolute Gasteiger partial charge is 0.322 e. The summed E-state index contributed by atoms with van der Waals surface area (Å²) in [5.74, 6) is -0.356. The van der Waals surface area contributed by atoms with Crippen molar-refractivity contribution in [1.29, 1.82) is 0 Å². The van der Waals surface area contributed by atoms with E-state index in [1.54, 1.807) is 0 Å². The Morgan fingerprint density at radius 2 is 1.93 bits per heavy atom. The lowest BCUT2D eigenvalue weighted by Crippen LogP contribution is -2.32. The molecule has 84 valence electrons. The summed E-state index contributed by atoms with van der Waals surface area (Å²) in [4.78, 5) is 11.1. The minimum absolute atomic E-state index is 0.195. The van der Waals surface area contributed by atoms with Crippen LogP contribution in [0.4, 0.5) is 0 Å². The van der Waals surface area contributed by atoms with Gasteiger partial charge in [0.25, 0.3) is 0 Å². The summed E-state index contributed by atoms with van der Waals surface area (Å²) >= 11 is 0. The monoisotopic (exact) mass is 203 g/mol. The molecule has 0 radical (unpaired) electrons. The molecule has 0 aromatic carbocycles. The number of ether oxygens (including phenoxy) is 2. The van der Waals surface area contributed by atoms with Gasteiger partial charge in [0.05, 0.1) is 12.2 Å². The van der Waals surface area contributed by atoms with Gasteiger partial charge < -0.3 is 15.2 Å². The van der Waals surface area contributed by atoms with E-state index in [2.05, 4.69) is 0 Å². The van der Waals surface area contributed by atoms with Crippen LogP contribution in [-0.2, 0) is 14.3 Å². The normalized spacial score (nSPS) is 13.8. The molecule has 0 fully saturated rings. The number of carbonyl (C=O) groups is 1. The lowest BCUT2D eigenvalue weighted by atomic mass is 10.2. The molecule has 0 aliphatic rings. The van der Waals surface area contributed by atoms with Gasteiger partial charge in [-0.15, -0.1) is 0 Å². The number of hydrogen-bond acceptors (Lipinski definition) is 4. The van der Waals surface area contributed by atoms with Crippen LogP contribution in [0, 0.1) is 0 Å². The van der Waals surface area contributed by atoms with Crippen LogP contribution in [-0.4, -0.2) is 30.8 Å². The molecular weight excluding hydrogens is 182 g/mol. The summed E-state index contributed by atoms with van der Waals surface area (Å²) in [7, 11) is 0. The first kappa shape index (κ1) is 13.4. The van der Waals surface area contributed by atoms with Crippen molar-refractivity contribution in [2.75, 3.05) is 13.2 Å². The van der Waals surface area contributed by atoms with Crippen molar-refractivity contribution in [3.05, 3.63) is 0 Å². The van der Waals surface area contributed by atoms with Crippen molar-refractivity contribution in [3.63, 3.8) is 0 Å². The number of nitrogens with two attached hydrogens (primary N) is 1. The second-order valence-electron chi connectivity index (χ2n) is 4.14. The molecule has 0 saturated heterocycles. The molecule has 0 aromatic rings. The topological polar surface area (TPSA) is 61.6 Å². The Morgan fingerprint density at radius 3 is 2.36 bits per heavy atom. The van der Waals surface area contributed by atoms with Gasteiger partial charge in [0.1, 0.15) is 12.6 Å². The third kappa shape index (κ3) is 6.86. The average Bonchev–Trinajstić information content (AvgIpc) is 2.09. The molecule has 0 heterocycles. The average molecular weight is 203 g/mol. The molecule has 14 heavy (non-hydrogen) atoms. The standard InChI is InChI=1S/C10H21NO3/c1-5-8(11)9(12)13-6-7-14-10(2,3)4/h8H,5-7,11H2,1-4H3/t8-/m1/s1. The summed E-state index contributed by atoms with van der Waals surface area (Å²) in [5.41, 5.74) is 5.27. The predicted molar refractivity (Wildman–Crippen MR) is 54.9 cm³/mol. The lowest BCUT2D eigenvalue weighted by Gasteiger charge is -2.19. The third-order valence-electron chi connectivity index (χ3n) is 1.61. The highest BCUT2D eigenvalue weighted by atomic mass is 16.6. The number of rotatable bonds is 5. The molecule has 0 aromatic heterocycles. The Hall–Kier alpha value is -0.610.